The van der Waals surface area contributed by atoms with Gasteiger partial charge in [-0.3, -0.25) is 5.10 Å². The van der Waals surface area contributed by atoms with E-state index < -0.39 is 6.61 Å². The van der Waals surface area contributed by atoms with E-state index in [1.165, 1.54) is 24.4 Å². The molecule has 2 aromatic heterocycles. The van der Waals surface area contributed by atoms with Gasteiger partial charge in [0.25, 0.3) is 0 Å². The molecule has 9 heteroatoms. The number of hydrogen-bond acceptors (Lipinski definition) is 4. The molecule has 0 atom stereocenters. The third kappa shape index (κ3) is 4.38. The number of anilines is 1. The van der Waals surface area contributed by atoms with Crippen LogP contribution >= 0.6 is 11.6 Å². The number of hydrogen-bond donors (Lipinski definition) is 2. The Labute approximate surface area is 171 Å². The van der Waals surface area contributed by atoms with Crippen LogP contribution in [0.2, 0.25) is 5.02 Å². The Morgan fingerprint density at radius 2 is 2.21 bits per heavy atom. The van der Waals surface area contributed by atoms with E-state index in [1.54, 1.807) is 23.2 Å². The van der Waals surface area contributed by atoms with Crippen LogP contribution in [-0.2, 0) is 0 Å². The number of rotatable bonds is 8. The van der Waals surface area contributed by atoms with Gasteiger partial charge in [-0.15, -0.1) is 0 Å². The van der Waals surface area contributed by atoms with Crippen molar-refractivity contribution in [2.24, 2.45) is 0 Å². The third-order valence-corrected chi connectivity index (χ3v) is 4.31. The zero-order chi connectivity index (χ0) is 21.0. The number of ether oxygens (including phenoxy) is 1. The maximum atomic E-state index is 12.8. The fourth-order valence-corrected chi connectivity index (χ4v) is 2.99. The molecule has 0 saturated carbocycles. The normalized spacial score (nSPS) is 11.6. The van der Waals surface area contributed by atoms with Crippen LogP contribution in [0.1, 0.15) is 12.7 Å². The summed E-state index contributed by atoms with van der Waals surface area (Å²) < 4.78 is 32.0. The second-order valence-corrected chi connectivity index (χ2v) is 6.26. The number of imidazole rings is 1. The van der Waals surface area contributed by atoms with Crippen LogP contribution in [0.5, 0.6) is 5.75 Å². The predicted octanol–water partition coefficient (Wildman–Crippen LogP) is 5.66. The van der Waals surface area contributed by atoms with E-state index in [2.05, 4.69) is 38.4 Å². The maximum Gasteiger partial charge on any atom is 0.387 e. The Kier molecular flexibility index (Phi) is 6.13. The van der Waals surface area contributed by atoms with Crippen molar-refractivity contribution in [3.8, 4) is 17.0 Å². The lowest BCUT2D eigenvalue weighted by Gasteiger charge is -2.15. The topological polar surface area (TPSA) is 67.8 Å². The van der Waals surface area contributed by atoms with Crippen molar-refractivity contribution in [2.45, 2.75) is 13.5 Å². The lowest BCUT2D eigenvalue weighted by Crippen LogP contribution is -2.06. The molecule has 3 aromatic rings. The van der Waals surface area contributed by atoms with Crippen molar-refractivity contribution < 1.29 is 13.5 Å². The second kappa shape index (κ2) is 8.74. The Hall–Kier alpha value is -3.39. The van der Waals surface area contributed by atoms with Gasteiger partial charge >= 0.3 is 6.61 Å². The van der Waals surface area contributed by atoms with Crippen molar-refractivity contribution >= 4 is 29.1 Å². The Bertz CT molecular complexity index is 1070. The van der Waals surface area contributed by atoms with Gasteiger partial charge in [-0.2, -0.15) is 13.9 Å². The molecule has 0 bridgehead atoms. The summed E-state index contributed by atoms with van der Waals surface area (Å²) >= 11 is 6.06. The molecule has 150 valence electrons. The molecular weight excluding hydrogens is 400 g/mol. The fraction of sp³-hybridized carbons (Fsp3) is 0.100. The summed E-state index contributed by atoms with van der Waals surface area (Å²) in [7, 11) is 0. The quantitative estimate of drug-likeness (QED) is 0.464. The number of nitrogens with one attached hydrogen (secondary N) is 2. The van der Waals surface area contributed by atoms with E-state index in [1.807, 2.05) is 13.0 Å². The van der Waals surface area contributed by atoms with Crippen molar-refractivity contribution in [3.63, 3.8) is 0 Å². The number of H-pyrrole nitrogens is 1. The molecule has 6 nitrogen and oxygen atoms in total. The molecular formula is C20H18ClF2N5O. The number of aromatic amines is 1. The minimum absolute atomic E-state index is 0.0317. The SMILES string of the molecule is C=Cn1ccnc1/C(=C\C)C(=C)Nc1cn[nH]c1-c1cc(Cl)ccc1OC(F)F. The van der Waals surface area contributed by atoms with E-state index in [9.17, 15) is 8.78 Å². The maximum absolute atomic E-state index is 12.8. The standard InChI is InChI=1S/C20H18ClF2N5O/c1-4-14(19-24-8-9-28(19)5-2)12(3)26-16-11-25-27-18(16)15-10-13(21)6-7-17(15)29-20(22)23/h4-11,20,26H,2-3H2,1H3,(H,25,27)/b14-4-. The number of aromatic nitrogens is 4. The van der Waals surface area contributed by atoms with E-state index in [0.29, 0.717) is 33.5 Å². The first kappa shape index (κ1) is 20.3. The van der Waals surface area contributed by atoms with Gasteiger partial charge in [0.2, 0.25) is 0 Å². The van der Waals surface area contributed by atoms with Gasteiger partial charge in [0.05, 0.1) is 17.6 Å². The van der Waals surface area contributed by atoms with Crippen LogP contribution in [0.4, 0.5) is 14.5 Å². The molecule has 0 aliphatic carbocycles. The second-order valence-electron chi connectivity index (χ2n) is 5.82. The molecule has 0 aliphatic heterocycles. The van der Waals surface area contributed by atoms with Gasteiger partial charge in [-0.05, 0) is 25.1 Å². The minimum atomic E-state index is -2.98. The Morgan fingerprint density at radius 3 is 2.90 bits per heavy atom. The van der Waals surface area contributed by atoms with Gasteiger partial charge in [0, 0.05) is 40.4 Å². The summed E-state index contributed by atoms with van der Waals surface area (Å²) in [5.74, 6) is 0.616. The summed E-state index contributed by atoms with van der Waals surface area (Å²) in [6.07, 6.45) is 8.41. The highest BCUT2D eigenvalue weighted by Gasteiger charge is 2.18. The Balaban J connectivity index is 1.94. The highest BCUT2D eigenvalue weighted by Crippen LogP contribution is 2.37. The molecule has 0 fully saturated rings. The lowest BCUT2D eigenvalue weighted by molar-refractivity contribution is -0.0494. The summed E-state index contributed by atoms with van der Waals surface area (Å²) in [6.45, 7) is 6.70. The van der Waals surface area contributed by atoms with E-state index in [4.69, 9.17) is 11.6 Å². The first-order valence-electron chi connectivity index (χ1n) is 8.51. The smallest absolute Gasteiger partial charge is 0.387 e. The molecule has 29 heavy (non-hydrogen) atoms. The fourth-order valence-electron chi connectivity index (χ4n) is 2.82. The van der Waals surface area contributed by atoms with Crippen molar-refractivity contribution in [3.05, 3.63) is 72.6 Å². The third-order valence-electron chi connectivity index (χ3n) is 4.07. The lowest BCUT2D eigenvalue weighted by atomic mass is 10.1. The first-order chi connectivity index (χ1) is 13.9. The van der Waals surface area contributed by atoms with Crippen LogP contribution < -0.4 is 10.1 Å². The molecule has 1 aromatic carbocycles. The first-order valence-corrected chi connectivity index (χ1v) is 8.88. The number of alkyl halides is 2. The molecule has 0 saturated heterocycles. The Morgan fingerprint density at radius 1 is 1.41 bits per heavy atom. The van der Waals surface area contributed by atoms with E-state index in [-0.39, 0.29) is 5.75 Å². The van der Waals surface area contributed by atoms with Crippen molar-refractivity contribution in [2.75, 3.05) is 5.32 Å². The molecule has 2 heterocycles. The predicted molar refractivity (Wildman–Crippen MR) is 111 cm³/mol. The molecule has 0 amide bonds. The summed E-state index contributed by atoms with van der Waals surface area (Å²) in [4.78, 5) is 4.33. The monoisotopic (exact) mass is 417 g/mol. The molecule has 0 unspecified atom stereocenters. The number of benzene rings is 1. The van der Waals surface area contributed by atoms with E-state index >= 15 is 0 Å². The number of nitrogens with zero attached hydrogens (tertiary/aromatic N) is 3. The molecule has 0 aliphatic rings. The van der Waals surface area contributed by atoms with Gasteiger partial charge in [-0.25, -0.2) is 4.98 Å². The largest absolute Gasteiger partial charge is 0.434 e. The highest BCUT2D eigenvalue weighted by atomic mass is 35.5. The number of halogens is 3. The molecule has 0 radical (unpaired) electrons. The van der Waals surface area contributed by atoms with Crippen LogP contribution in [0.15, 0.2) is 61.7 Å². The average molecular weight is 418 g/mol. The average Bonchev–Trinajstić information content (AvgIpc) is 3.33. The van der Waals surface area contributed by atoms with Crippen LogP contribution in [0.3, 0.4) is 0 Å². The zero-order valence-electron chi connectivity index (χ0n) is 15.5. The van der Waals surface area contributed by atoms with Crippen molar-refractivity contribution in [1.82, 2.24) is 19.7 Å². The highest BCUT2D eigenvalue weighted by molar-refractivity contribution is 6.31. The zero-order valence-corrected chi connectivity index (χ0v) is 16.3. The molecule has 0 spiro atoms. The number of allylic oxidation sites excluding steroid dienone is 2. The van der Waals surface area contributed by atoms with Gasteiger partial charge < -0.3 is 14.6 Å². The minimum Gasteiger partial charge on any atom is -0.434 e. The van der Waals surface area contributed by atoms with Crippen LogP contribution in [0.25, 0.3) is 23.0 Å². The van der Waals surface area contributed by atoms with E-state index in [0.717, 1.165) is 5.57 Å². The van der Waals surface area contributed by atoms with Crippen molar-refractivity contribution in [1.29, 1.82) is 0 Å². The molecule has 3 rings (SSSR count). The van der Waals surface area contributed by atoms with Crippen LogP contribution in [-0.4, -0.2) is 26.4 Å². The summed E-state index contributed by atoms with van der Waals surface area (Å²) in [5, 5.41) is 10.3. The van der Waals surface area contributed by atoms with Gasteiger partial charge in [-0.1, -0.05) is 30.8 Å². The van der Waals surface area contributed by atoms with Gasteiger partial charge in [0.15, 0.2) is 0 Å². The summed E-state index contributed by atoms with van der Waals surface area (Å²) in [5.41, 5.74) is 2.53. The molecule has 2 N–H and O–H groups in total. The van der Waals surface area contributed by atoms with Crippen LogP contribution in [0, 0.1) is 0 Å². The van der Waals surface area contributed by atoms with Gasteiger partial charge in [0.1, 0.15) is 11.6 Å². The summed E-state index contributed by atoms with van der Waals surface area (Å²) in [6, 6.07) is 4.36.